The van der Waals surface area contributed by atoms with Gasteiger partial charge in [0.25, 0.3) is 5.56 Å². The van der Waals surface area contributed by atoms with Gasteiger partial charge in [0, 0.05) is 31.2 Å². The highest BCUT2D eigenvalue weighted by Crippen LogP contribution is 2.31. The second-order valence-corrected chi connectivity index (χ2v) is 7.36. The predicted molar refractivity (Wildman–Crippen MR) is 108 cm³/mol. The lowest BCUT2D eigenvalue weighted by atomic mass is 10.0. The summed E-state index contributed by atoms with van der Waals surface area (Å²) in [5, 5.41) is 5.32. The molecule has 6 nitrogen and oxygen atoms in total. The predicted octanol–water partition coefficient (Wildman–Crippen LogP) is 2.89. The third-order valence-corrected chi connectivity index (χ3v) is 5.43. The van der Waals surface area contributed by atoms with Crippen LogP contribution in [-0.4, -0.2) is 35.7 Å². The number of nitrogens with zero attached hydrogens (tertiary/aromatic N) is 2. The summed E-state index contributed by atoms with van der Waals surface area (Å²) in [5.41, 5.74) is 4.04. The number of fused-ring (bicyclic) bond motifs is 1. The fourth-order valence-corrected chi connectivity index (χ4v) is 3.76. The molecule has 0 unspecified atom stereocenters. The molecule has 0 fully saturated rings. The van der Waals surface area contributed by atoms with Gasteiger partial charge in [-0.3, -0.25) is 14.2 Å². The Bertz CT molecular complexity index is 1020. The Labute approximate surface area is 161 Å². The Morgan fingerprint density at radius 2 is 2.11 bits per heavy atom. The van der Waals surface area contributed by atoms with E-state index < -0.39 is 0 Å². The van der Waals surface area contributed by atoms with E-state index in [-0.39, 0.29) is 18.0 Å². The SMILES string of the molecule is COCCCNC(=O)Cn1cnc2scc(-c3ccc(C)c(C)c3)c2c1=O. The molecular weight excluding hydrogens is 362 g/mol. The van der Waals surface area contributed by atoms with Crippen LogP contribution in [0.4, 0.5) is 0 Å². The number of nitrogens with one attached hydrogen (secondary N) is 1. The van der Waals surface area contributed by atoms with Gasteiger partial charge in [0.2, 0.25) is 5.91 Å². The number of ether oxygens (including phenoxy) is 1. The maximum atomic E-state index is 13.0. The molecule has 0 aliphatic rings. The Morgan fingerprint density at radius 1 is 1.30 bits per heavy atom. The molecule has 1 amide bonds. The number of carbonyl (C=O) groups is 1. The number of thiophene rings is 1. The van der Waals surface area contributed by atoms with Crippen LogP contribution in [0.25, 0.3) is 21.3 Å². The summed E-state index contributed by atoms with van der Waals surface area (Å²) in [6, 6.07) is 6.15. The summed E-state index contributed by atoms with van der Waals surface area (Å²) in [5.74, 6) is -0.211. The Kier molecular flexibility index (Phi) is 6.03. The molecule has 27 heavy (non-hydrogen) atoms. The van der Waals surface area contributed by atoms with Gasteiger partial charge >= 0.3 is 0 Å². The van der Waals surface area contributed by atoms with Crippen molar-refractivity contribution in [1.29, 1.82) is 0 Å². The average Bonchev–Trinajstić information content (AvgIpc) is 3.08. The van der Waals surface area contributed by atoms with Crippen LogP contribution in [0.15, 0.2) is 34.7 Å². The van der Waals surface area contributed by atoms with Crippen molar-refractivity contribution in [1.82, 2.24) is 14.9 Å². The van der Waals surface area contributed by atoms with Crippen molar-refractivity contribution in [2.24, 2.45) is 0 Å². The van der Waals surface area contributed by atoms with Gasteiger partial charge in [-0.15, -0.1) is 11.3 Å². The third kappa shape index (κ3) is 4.26. The molecule has 1 N–H and O–H groups in total. The molecule has 0 radical (unpaired) electrons. The van der Waals surface area contributed by atoms with Crippen LogP contribution in [0.2, 0.25) is 0 Å². The number of aryl methyl sites for hydroxylation is 2. The van der Waals surface area contributed by atoms with Gasteiger partial charge in [-0.2, -0.15) is 0 Å². The lowest BCUT2D eigenvalue weighted by Crippen LogP contribution is -2.33. The van der Waals surface area contributed by atoms with Gasteiger partial charge < -0.3 is 10.1 Å². The summed E-state index contributed by atoms with van der Waals surface area (Å²) in [7, 11) is 1.62. The lowest BCUT2D eigenvalue weighted by molar-refractivity contribution is -0.121. The minimum Gasteiger partial charge on any atom is -0.385 e. The van der Waals surface area contributed by atoms with Crippen LogP contribution in [0.5, 0.6) is 0 Å². The van der Waals surface area contributed by atoms with E-state index >= 15 is 0 Å². The van der Waals surface area contributed by atoms with E-state index in [1.807, 2.05) is 11.4 Å². The second kappa shape index (κ2) is 8.45. The first-order chi connectivity index (χ1) is 13.0. The molecule has 7 heteroatoms. The number of hydrogen-bond acceptors (Lipinski definition) is 5. The van der Waals surface area contributed by atoms with Crippen molar-refractivity contribution < 1.29 is 9.53 Å². The number of amides is 1. The largest absolute Gasteiger partial charge is 0.385 e. The van der Waals surface area contributed by atoms with Gasteiger partial charge in [-0.25, -0.2) is 4.98 Å². The van der Waals surface area contributed by atoms with Crippen molar-refractivity contribution in [3.05, 3.63) is 51.4 Å². The number of aromatic nitrogens is 2. The molecule has 0 aliphatic carbocycles. The Balaban J connectivity index is 1.89. The van der Waals surface area contributed by atoms with Crippen molar-refractivity contribution >= 4 is 27.5 Å². The Morgan fingerprint density at radius 3 is 2.85 bits per heavy atom. The first kappa shape index (κ1) is 19.3. The van der Waals surface area contributed by atoms with E-state index in [9.17, 15) is 9.59 Å². The molecule has 0 saturated carbocycles. The zero-order chi connectivity index (χ0) is 19.4. The van der Waals surface area contributed by atoms with Crippen LogP contribution in [0.3, 0.4) is 0 Å². The number of rotatable bonds is 7. The van der Waals surface area contributed by atoms with Crippen molar-refractivity contribution in [3.63, 3.8) is 0 Å². The van der Waals surface area contributed by atoms with E-state index in [4.69, 9.17) is 4.74 Å². The van der Waals surface area contributed by atoms with Gasteiger partial charge in [-0.05, 0) is 37.0 Å². The van der Waals surface area contributed by atoms with Crippen LogP contribution in [0, 0.1) is 13.8 Å². The number of methoxy groups -OCH3 is 1. The zero-order valence-electron chi connectivity index (χ0n) is 15.7. The molecule has 2 heterocycles. The molecule has 1 aromatic carbocycles. The van der Waals surface area contributed by atoms with Crippen LogP contribution in [-0.2, 0) is 16.1 Å². The molecule has 0 saturated heterocycles. The van der Waals surface area contributed by atoms with Crippen molar-refractivity contribution in [2.75, 3.05) is 20.3 Å². The standard InChI is InChI=1S/C20H23N3O3S/c1-13-5-6-15(9-14(13)2)16-11-27-19-18(16)20(25)23(12-22-19)10-17(24)21-7-4-8-26-3/h5-6,9,11-12H,4,7-8,10H2,1-3H3,(H,21,24). The maximum absolute atomic E-state index is 13.0. The van der Waals surface area contributed by atoms with E-state index in [1.54, 1.807) is 7.11 Å². The summed E-state index contributed by atoms with van der Waals surface area (Å²) in [4.78, 5) is 30.1. The van der Waals surface area contributed by atoms with Gasteiger partial charge in [0.1, 0.15) is 11.4 Å². The second-order valence-electron chi connectivity index (χ2n) is 6.50. The zero-order valence-corrected chi connectivity index (χ0v) is 16.6. The molecule has 142 valence electrons. The first-order valence-electron chi connectivity index (χ1n) is 8.81. The Hall–Kier alpha value is -2.51. The van der Waals surface area contributed by atoms with Gasteiger partial charge in [-0.1, -0.05) is 18.2 Å². The maximum Gasteiger partial charge on any atom is 0.263 e. The molecule has 0 bridgehead atoms. The number of carbonyl (C=O) groups excluding carboxylic acids is 1. The molecule has 0 aliphatic heterocycles. The number of hydrogen-bond donors (Lipinski definition) is 1. The highest BCUT2D eigenvalue weighted by molar-refractivity contribution is 7.17. The molecule has 3 aromatic rings. The van der Waals surface area contributed by atoms with E-state index in [0.29, 0.717) is 23.4 Å². The fraction of sp³-hybridized carbons (Fsp3) is 0.350. The highest BCUT2D eigenvalue weighted by Gasteiger charge is 2.15. The average molecular weight is 385 g/mol. The molecular formula is C20H23N3O3S. The number of benzene rings is 1. The lowest BCUT2D eigenvalue weighted by Gasteiger charge is -2.08. The molecule has 2 aromatic heterocycles. The quantitative estimate of drug-likeness (QED) is 0.635. The van der Waals surface area contributed by atoms with E-state index in [1.165, 1.54) is 33.4 Å². The first-order valence-corrected chi connectivity index (χ1v) is 9.69. The van der Waals surface area contributed by atoms with Crippen LogP contribution >= 0.6 is 11.3 Å². The minimum absolute atomic E-state index is 0.0447. The summed E-state index contributed by atoms with van der Waals surface area (Å²) in [6.45, 7) is 5.17. The smallest absolute Gasteiger partial charge is 0.263 e. The van der Waals surface area contributed by atoms with Crippen LogP contribution in [0.1, 0.15) is 17.5 Å². The minimum atomic E-state index is -0.211. The molecule has 0 atom stereocenters. The van der Waals surface area contributed by atoms with E-state index in [2.05, 4.69) is 36.3 Å². The van der Waals surface area contributed by atoms with E-state index in [0.717, 1.165) is 17.5 Å². The third-order valence-electron chi connectivity index (χ3n) is 4.54. The summed E-state index contributed by atoms with van der Waals surface area (Å²) < 4.78 is 6.32. The monoisotopic (exact) mass is 385 g/mol. The topological polar surface area (TPSA) is 73.2 Å². The fourth-order valence-electron chi connectivity index (χ4n) is 2.86. The van der Waals surface area contributed by atoms with Crippen molar-refractivity contribution in [3.8, 4) is 11.1 Å². The normalized spacial score (nSPS) is 11.1. The molecule has 3 rings (SSSR count). The van der Waals surface area contributed by atoms with Crippen molar-refractivity contribution in [2.45, 2.75) is 26.8 Å². The summed E-state index contributed by atoms with van der Waals surface area (Å²) in [6.07, 6.45) is 2.18. The highest BCUT2D eigenvalue weighted by atomic mass is 32.1. The van der Waals surface area contributed by atoms with Gasteiger partial charge in [0.05, 0.1) is 11.7 Å². The van der Waals surface area contributed by atoms with Gasteiger partial charge in [0.15, 0.2) is 0 Å². The molecule has 0 spiro atoms. The summed E-state index contributed by atoms with van der Waals surface area (Å²) >= 11 is 1.44. The van der Waals surface area contributed by atoms with Crippen LogP contribution < -0.4 is 10.9 Å².